The first-order valence-corrected chi connectivity index (χ1v) is 13.3. The van der Waals surface area contributed by atoms with E-state index in [0.29, 0.717) is 39.0 Å². The standard InChI is InChI=1S/C30H35BrN2O3/c1-3-18-32-30(35)28(21-24-9-5-4-6-10-24)33(22-25-11-7-12-26(31)20-25)29(34)13-8-19-36-27-16-14-23(2)15-17-27/h4-7,9-12,14-17,20,28H,3,8,13,18-19,21-22H2,1-2H3,(H,32,35)/t28-/m1/s1. The second-order valence-electron chi connectivity index (χ2n) is 8.91. The predicted octanol–water partition coefficient (Wildman–Crippen LogP) is 6.08. The lowest BCUT2D eigenvalue weighted by Crippen LogP contribution is -2.50. The van der Waals surface area contributed by atoms with Gasteiger partial charge in [-0.25, -0.2) is 0 Å². The maximum Gasteiger partial charge on any atom is 0.243 e. The average molecular weight is 552 g/mol. The summed E-state index contributed by atoms with van der Waals surface area (Å²) >= 11 is 3.52. The molecule has 2 amide bonds. The Hall–Kier alpha value is -3.12. The molecule has 0 saturated carbocycles. The number of hydrogen-bond acceptors (Lipinski definition) is 3. The van der Waals surface area contributed by atoms with Gasteiger partial charge in [-0.15, -0.1) is 0 Å². The third-order valence-electron chi connectivity index (χ3n) is 5.89. The van der Waals surface area contributed by atoms with Gasteiger partial charge in [-0.05, 0) is 55.2 Å². The lowest BCUT2D eigenvalue weighted by molar-refractivity contribution is -0.141. The number of benzene rings is 3. The molecule has 1 N–H and O–H groups in total. The van der Waals surface area contributed by atoms with Crippen molar-refractivity contribution in [1.82, 2.24) is 10.2 Å². The molecule has 0 bridgehead atoms. The quantitative estimate of drug-likeness (QED) is 0.262. The molecule has 0 unspecified atom stereocenters. The van der Waals surface area contributed by atoms with Gasteiger partial charge in [0.2, 0.25) is 11.8 Å². The zero-order valence-corrected chi connectivity index (χ0v) is 22.7. The Bertz CT molecular complexity index is 1100. The van der Waals surface area contributed by atoms with E-state index in [2.05, 4.69) is 21.2 Å². The Morgan fingerprint density at radius 2 is 1.69 bits per heavy atom. The fourth-order valence-electron chi connectivity index (χ4n) is 3.94. The summed E-state index contributed by atoms with van der Waals surface area (Å²) < 4.78 is 6.76. The Morgan fingerprint density at radius 3 is 2.39 bits per heavy atom. The molecular weight excluding hydrogens is 516 g/mol. The van der Waals surface area contributed by atoms with Crippen LogP contribution in [0, 0.1) is 6.92 Å². The maximum atomic E-state index is 13.6. The highest BCUT2D eigenvalue weighted by Crippen LogP contribution is 2.19. The molecule has 0 fully saturated rings. The average Bonchev–Trinajstić information content (AvgIpc) is 2.88. The van der Waals surface area contributed by atoms with Gasteiger partial charge in [0.15, 0.2) is 0 Å². The molecule has 3 aromatic carbocycles. The van der Waals surface area contributed by atoms with Gasteiger partial charge in [-0.2, -0.15) is 0 Å². The number of halogens is 1. The van der Waals surface area contributed by atoms with Crippen LogP contribution in [-0.4, -0.2) is 35.9 Å². The number of amides is 2. The van der Waals surface area contributed by atoms with Crippen LogP contribution in [0.3, 0.4) is 0 Å². The lowest BCUT2D eigenvalue weighted by atomic mass is 10.0. The fraction of sp³-hybridized carbons (Fsp3) is 0.333. The largest absolute Gasteiger partial charge is 0.494 e. The predicted molar refractivity (Wildman–Crippen MR) is 148 cm³/mol. The molecule has 3 aromatic rings. The maximum absolute atomic E-state index is 13.6. The summed E-state index contributed by atoms with van der Waals surface area (Å²) in [6.45, 7) is 5.42. The molecule has 1 atom stereocenters. The fourth-order valence-corrected chi connectivity index (χ4v) is 4.39. The van der Waals surface area contributed by atoms with Crippen LogP contribution in [0.1, 0.15) is 42.9 Å². The summed E-state index contributed by atoms with van der Waals surface area (Å²) in [5.41, 5.74) is 3.16. The van der Waals surface area contributed by atoms with E-state index < -0.39 is 6.04 Å². The zero-order chi connectivity index (χ0) is 25.8. The van der Waals surface area contributed by atoms with Crippen LogP contribution in [-0.2, 0) is 22.6 Å². The molecule has 0 radical (unpaired) electrons. The van der Waals surface area contributed by atoms with Crippen molar-refractivity contribution < 1.29 is 14.3 Å². The van der Waals surface area contributed by atoms with Gasteiger partial charge < -0.3 is 15.0 Å². The molecule has 0 aliphatic rings. The van der Waals surface area contributed by atoms with Crippen LogP contribution in [0.4, 0.5) is 0 Å². The van der Waals surface area contributed by atoms with Gasteiger partial charge in [0, 0.05) is 30.4 Å². The second kappa shape index (κ2) is 14.4. The number of hydrogen-bond donors (Lipinski definition) is 1. The van der Waals surface area contributed by atoms with Crippen LogP contribution < -0.4 is 10.1 Å². The van der Waals surface area contributed by atoms with Crippen LogP contribution in [0.5, 0.6) is 5.75 Å². The van der Waals surface area contributed by atoms with E-state index in [-0.39, 0.29) is 11.8 Å². The minimum absolute atomic E-state index is 0.0601. The van der Waals surface area contributed by atoms with Crippen molar-refractivity contribution in [3.63, 3.8) is 0 Å². The first-order valence-electron chi connectivity index (χ1n) is 12.5. The van der Waals surface area contributed by atoms with E-state index in [0.717, 1.165) is 27.8 Å². The Morgan fingerprint density at radius 1 is 0.972 bits per heavy atom. The van der Waals surface area contributed by atoms with E-state index in [1.54, 1.807) is 4.90 Å². The van der Waals surface area contributed by atoms with Gasteiger partial charge in [0.05, 0.1) is 6.61 Å². The highest BCUT2D eigenvalue weighted by molar-refractivity contribution is 9.10. The van der Waals surface area contributed by atoms with Crippen molar-refractivity contribution in [1.29, 1.82) is 0 Å². The third-order valence-corrected chi connectivity index (χ3v) is 6.38. The molecule has 0 spiro atoms. The van der Waals surface area contributed by atoms with E-state index in [1.807, 2.05) is 92.7 Å². The lowest BCUT2D eigenvalue weighted by Gasteiger charge is -2.31. The minimum atomic E-state index is -0.608. The molecule has 0 heterocycles. The first kappa shape index (κ1) is 27.5. The van der Waals surface area contributed by atoms with Crippen molar-refractivity contribution in [2.75, 3.05) is 13.2 Å². The molecule has 6 heteroatoms. The van der Waals surface area contributed by atoms with Gasteiger partial charge in [0.25, 0.3) is 0 Å². The van der Waals surface area contributed by atoms with Crippen molar-refractivity contribution in [2.45, 2.75) is 52.1 Å². The Balaban J connectivity index is 1.77. The molecule has 0 saturated heterocycles. The first-order chi connectivity index (χ1) is 17.5. The van der Waals surface area contributed by atoms with E-state index in [9.17, 15) is 9.59 Å². The van der Waals surface area contributed by atoms with E-state index in [1.165, 1.54) is 5.56 Å². The smallest absolute Gasteiger partial charge is 0.243 e. The molecule has 36 heavy (non-hydrogen) atoms. The SMILES string of the molecule is CCCNC(=O)[C@@H](Cc1ccccc1)N(Cc1cccc(Br)c1)C(=O)CCCOc1ccc(C)cc1. The van der Waals surface area contributed by atoms with Crippen LogP contribution >= 0.6 is 15.9 Å². The number of rotatable bonds is 13. The van der Waals surface area contributed by atoms with Crippen LogP contribution in [0.2, 0.25) is 0 Å². The summed E-state index contributed by atoms with van der Waals surface area (Å²) in [6, 6.07) is 25.0. The molecule has 0 aliphatic heterocycles. The summed E-state index contributed by atoms with van der Waals surface area (Å²) in [5, 5.41) is 3.01. The van der Waals surface area contributed by atoms with Gasteiger partial charge in [-0.1, -0.05) is 83.0 Å². The zero-order valence-electron chi connectivity index (χ0n) is 21.1. The number of nitrogens with zero attached hydrogens (tertiary/aromatic N) is 1. The minimum Gasteiger partial charge on any atom is -0.494 e. The molecule has 190 valence electrons. The van der Waals surface area contributed by atoms with Crippen molar-refractivity contribution in [3.05, 3.63) is 100 Å². The van der Waals surface area contributed by atoms with Crippen molar-refractivity contribution in [3.8, 4) is 5.75 Å². The molecule has 5 nitrogen and oxygen atoms in total. The molecular formula is C30H35BrN2O3. The number of carbonyl (C=O) groups is 2. The summed E-state index contributed by atoms with van der Waals surface area (Å²) in [7, 11) is 0. The van der Waals surface area contributed by atoms with Gasteiger partial charge >= 0.3 is 0 Å². The molecule has 0 aromatic heterocycles. The Kier molecular flexibility index (Phi) is 11.0. The number of ether oxygens (including phenoxy) is 1. The van der Waals surface area contributed by atoms with Crippen LogP contribution in [0.15, 0.2) is 83.3 Å². The van der Waals surface area contributed by atoms with Gasteiger partial charge in [-0.3, -0.25) is 9.59 Å². The second-order valence-corrected chi connectivity index (χ2v) is 9.83. The highest BCUT2D eigenvalue weighted by Gasteiger charge is 2.30. The normalized spacial score (nSPS) is 11.5. The molecule has 0 aliphatic carbocycles. The van der Waals surface area contributed by atoms with E-state index in [4.69, 9.17) is 4.74 Å². The number of nitrogens with one attached hydrogen (secondary N) is 1. The molecule has 3 rings (SSSR count). The highest BCUT2D eigenvalue weighted by atomic mass is 79.9. The van der Waals surface area contributed by atoms with E-state index >= 15 is 0 Å². The number of carbonyl (C=O) groups excluding carboxylic acids is 2. The van der Waals surface area contributed by atoms with Crippen molar-refractivity contribution >= 4 is 27.7 Å². The van der Waals surface area contributed by atoms with Gasteiger partial charge in [0.1, 0.15) is 11.8 Å². The number of aryl methyl sites for hydroxylation is 1. The summed E-state index contributed by atoms with van der Waals surface area (Å²) in [4.78, 5) is 28.6. The van der Waals surface area contributed by atoms with Crippen LogP contribution in [0.25, 0.3) is 0 Å². The Labute approximate surface area is 223 Å². The summed E-state index contributed by atoms with van der Waals surface area (Å²) in [5.74, 6) is 0.606. The van der Waals surface area contributed by atoms with Crippen molar-refractivity contribution in [2.24, 2.45) is 0 Å². The monoisotopic (exact) mass is 550 g/mol. The topological polar surface area (TPSA) is 58.6 Å². The third kappa shape index (κ3) is 8.83. The summed E-state index contributed by atoms with van der Waals surface area (Å²) in [6.07, 6.45) is 2.15.